The summed E-state index contributed by atoms with van der Waals surface area (Å²) in [6.07, 6.45) is 7.39. The Balaban J connectivity index is 1.67. The molecular weight excluding hydrogens is 252 g/mol. The second-order valence-electron chi connectivity index (χ2n) is 6.00. The lowest BCUT2D eigenvalue weighted by molar-refractivity contribution is 0.0898. The Morgan fingerprint density at radius 1 is 1.40 bits per heavy atom. The van der Waals surface area contributed by atoms with Crippen molar-refractivity contribution in [1.82, 2.24) is 20.6 Å². The summed E-state index contributed by atoms with van der Waals surface area (Å²) in [5, 5.41) is 8.58. The lowest BCUT2D eigenvalue weighted by Crippen LogP contribution is -2.22. The molecule has 3 rings (SSSR count). The minimum absolute atomic E-state index is 0.396. The van der Waals surface area contributed by atoms with Gasteiger partial charge in [-0.3, -0.25) is 4.68 Å². The van der Waals surface area contributed by atoms with E-state index in [1.54, 1.807) is 7.11 Å². The second kappa shape index (κ2) is 6.24. The van der Waals surface area contributed by atoms with Crippen molar-refractivity contribution in [3.63, 3.8) is 0 Å². The van der Waals surface area contributed by atoms with Gasteiger partial charge in [-0.2, -0.15) is 5.10 Å². The van der Waals surface area contributed by atoms with Gasteiger partial charge in [-0.05, 0) is 51.0 Å². The van der Waals surface area contributed by atoms with Gasteiger partial charge in [0, 0.05) is 30.9 Å². The smallest absolute Gasteiger partial charge is 0.0826 e. The Kier molecular flexibility index (Phi) is 4.38. The molecule has 2 aliphatic rings. The summed E-state index contributed by atoms with van der Waals surface area (Å²) in [5.74, 6) is 0. The second-order valence-corrected chi connectivity index (χ2v) is 6.00. The highest BCUT2D eigenvalue weighted by atomic mass is 16.6. The maximum atomic E-state index is 4.90. The molecular formula is C15H26N4O. The number of aromatic nitrogens is 2. The van der Waals surface area contributed by atoms with Crippen molar-refractivity contribution in [3.8, 4) is 0 Å². The van der Waals surface area contributed by atoms with Crippen LogP contribution in [0.5, 0.6) is 0 Å². The molecule has 20 heavy (non-hydrogen) atoms. The summed E-state index contributed by atoms with van der Waals surface area (Å²) in [5.41, 5.74) is 7.18. The van der Waals surface area contributed by atoms with Crippen LogP contribution in [0.4, 0.5) is 0 Å². The van der Waals surface area contributed by atoms with Crippen LogP contribution in [0.15, 0.2) is 0 Å². The molecule has 1 atom stereocenters. The zero-order valence-electron chi connectivity index (χ0n) is 12.6. The molecule has 5 nitrogen and oxygen atoms in total. The number of hydrogen-bond acceptors (Lipinski definition) is 4. The molecule has 1 aromatic rings. The third-order valence-corrected chi connectivity index (χ3v) is 4.30. The molecule has 0 saturated heterocycles. The highest BCUT2D eigenvalue weighted by Crippen LogP contribution is 2.31. The van der Waals surface area contributed by atoms with E-state index in [1.807, 2.05) is 0 Å². The normalized spacial score (nSPS) is 19.3. The Hall–Kier alpha value is -0.910. The van der Waals surface area contributed by atoms with Crippen LogP contribution in [0.3, 0.4) is 0 Å². The molecule has 1 heterocycles. The van der Waals surface area contributed by atoms with Gasteiger partial charge in [0.15, 0.2) is 0 Å². The number of hydrogen-bond donors (Lipinski definition) is 2. The topological polar surface area (TPSA) is 51.1 Å². The van der Waals surface area contributed by atoms with Crippen LogP contribution >= 0.6 is 0 Å². The number of hydroxylamine groups is 1. The van der Waals surface area contributed by atoms with Gasteiger partial charge in [0.25, 0.3) is 0 Å². The molecule has 0 aliphatic heterocycles. The molecule has 0 bridgehead atoms. The summed E-state index contributed by atoms with van der Waals surface area (Å²) in [6, 6.07) is 1.13. The van der Waals surface area contributed by atoms with Crippen molar-refractivity contribution < 1.29 is 4.84 Å². The summed E-state index contributed by atoms with van der Waals surface area (Å²) in [7, 11) is 1.66. The van der Waals surface area contributed by atoms with E-state index in [-0.39, 0.29) is 0 Å². The molecule has 2 N–H and O–H groups in total. The summed E-state index contributed by atoms with van der Waals surface area (Å²) in [4.78, 5) is 4.88. The van der Waals surface area contributed by atoms with E-state index in [9.17, 15) is 0 Å². The molecule has 1 aromatic heterocycles. The van der Waals surface area contributed by atoms with Crippen LogP contribution in [0.2, 0.25) is 0 Å². The Labute approximate surface area is 121 Å². The average Bonchev–Trinajstić information content (AvgIpc) is 3.01. The molecule has 0 amide bonds. The van der Waals surface area contributed by atoms with E-state index in [4.69, 9.17) is 9.94 Å². The third-order valence-electron chi connectivity index (χ3n) is 4.30. The standard InChI is InChI=1S/C15H26N4O/c1-11(17-12-7-8-12)15-13-5-3-6-14(13)19(18-15)10-4-9-16-20-2/h11-12,16-17H,3-10H2,1-2H3/t11-/m1/s1. The van der Waals surface area contributed by atoms with E-state index in [0.717, 1.165) is 25.6 Å². The maximum absolute atomic E-state index is 4.90. The lowest BCUT2D eigenvalue weighted by Gasteiger charge is -2.12. The molecule has 0 aromatic carbocycles. The van der Waals surface area contributed by atoms with Crippen LogP contribution < -0.4 is 10.8 Å². The van der Waals surface area contributed by atoms with Crippen LogP contribution in [0, 0.1) is 0 Å². The quantitative estimate of drug-likeness (QED) is 0.561. The molecule has 0 spiro atoms. The van der Waals surface area contributed by atoms with E-state index < -0.39 is 0 Å². The van der Waals surface area contributed by atoms with Gasteiger partial charge in [-0.1, -0.05) is 0 Å². The van der Waals surface area contributed by atoms with Gasteiger partial charge >= 0.3 is 0 Å². The lowest BCUT2D eigenvalue weighted by atomic mass is 10.1. The average molecular weight is 278 g/mol. The first kappa shape index (κ1) is 14.0. The van der Waals surface area contributed by atoms with Crippen molar-refractivity contribution in [2.75, 3.05) is 13.7 Å². The predicted octanol–water partition coefficient (Wildman–Crippen LogP) is 1.73. The maximum Gasteiger partial charge on any atom is 0.0826 e. The largest absolute Gasteiger partial charge is 0.306 e. The monoisotopic (exact) mass is 278 g/mol. The van der Waals surface area contributed by atoms with Crippen LogP contribution in [-0.4, -0.2) is 29.5 Å². The van der Waals surface area contributed by atoms with Gasteiger partial charge in [-0.25, -0.2) is 5.48 Å². The first-order valence-corrected chi connectivity index (χ1v) is 7.90. The Bertz CT molecular complexity index is 453. The van der Waals surface area contributed by atoms with E-state index in [2.05, 4.69) is 22.4 Å². The van der Waals surface area contributed by atoms with Gasteiger partial charge in [0.1, 0.15) is 0 Å². The minimum atomic E-state index is 0.396. The molecule has 0 radical (unpaired) electrons. The summed E-state index contributed by atoms with van der Waals surface area (Å²) in [6.45, 7) is 4.11. The van der Waals surface area contributed by atoms with E-state index >= 15 is 0 Å². The van der Waals surface area contributed by atoms with Crippen LogP contribution in [0.25, 0.3) is 0 Å². The van der Waals surface area contributed by atoms with E-state index in [1.165, 1.54) is 49.1 Å². The minimum Gasteiger partial charge on any atom is -0.306 e. The van der Waals surface area contributed by atoms with Crippen molar-refractivity contribution >= 4 is 0 Å². The Morgan fingerprint density at radius 3 is 3.00 bits per heavy atom. The van der Waals surface area contributed by atoms with Crippen molar-refractivity contribution in [3.05, 3.63) is 17.0 Å². The zero-order chi connectivity index (χ0) is 13.9. The van der Waals surface area contributed by atoms with Gasteiger partial charge in [0.05, 0.1) is 12.8 Å². The highest BCUT2D eigenvalue weighted by Gasteiger charge is 2.29. The third kappa shape index (κ3) is 3.05. The fourth-order valence-electron chi connectivity index (χ4n) is 3.16. The molecule has 1 saturated carbocycles. The fourth-order valence-corrected chi connectivity index (χ4v) is 3.16. The van der Waals surface area contributed by atoms with Gasteiger partial charge in [-0.15, -0.1) is 0 Å². The molecule has 112 valence electrons. The number of nitrogens with zero attached hydrogens (tertiary/aromatic N) is 2. The predicted molar refractivity (Wildman–Crippen MR) is 78.5 cm³/mol. The van der Waals surface area contributed by atoms with Crippen LogP contribution in [-0.2, 0) is 24.2 Å². The number of nitrogens with one attached hydrogen (secondary N) is 2. The first-order valence-electron chi connectivity index (χ1n) is 7.90. The van der Waals surface area contributed by atoms with Crippen molar-refractivity contribution in [1.29, 1.82) is 0 Å². The molecule has 2 aliphatic carbocycles. The zero-order valence-corrected chi connectivity index (χ0v) is 12.6. The fraction of sp³-hybridized carbons (Fsp3) is 0.800. The van der Waals surface area contributed by atoms with Crippen LogP contribution in [0.1, 0.15) is 55.6 Å². The van der Waals surface area contributed by atoms with E-state index in [0.29, 0.717) is 6.04 Å². The highest BCUT2D eigenvalue weighted by molar-refractivity contribution is 5.32. The van der Waals surface area contributed by atoms with Gasteiger partial charge < -0.3 is 10.2 Å². The van der Waals surface area contributed by atoms with Crippen molar-refractivity contribution in [2.45, 2.75) is 64.1 Å². The summed E-state index contributed by atoms with van der Waals surface area (Å²) < 4.78 is 2.24. The molecule has 5 heteroatoms. The number of fused-ring (bicyclic) bond motifs is 1. The van der Waals surface area contributed by atoms with Crippen molar-refractivity contribution in [2.24, 2.45) is 0 Å². The molecule has 1 fully saturated rings. The van der Waals surface area contributed by atoms with Gasteiger partial charge in [0.2, 0.25) is 0 Å². The molecule has 0 unspecified atom stereocenters. The number of rotatable bonds is 8. The number of aryl methyl sites for hydroxylation is 1. The summed E-state index contributed by atoms with van der Waals surface area (Å²) >= 11 is 0. The first-order chi connectivity index (χ1) is 9.79. The SMILES string of the molecule is CONCCCn1nc([C@@H](C)NC2CC2)c2c1CCC2. The Morgan fingerprint density at radius 2 is 2.25 bits per heavy atom.